The van der Waals surface area contributed by atoms with Gasteiger partial charge in [-0.05, 0) is 62.2 Å². The first-order valence-corrected chi connectivity index (χ1v) is 8.67. The van der Waals surface area contributed by atoms with Crippen molar-refractivity contribution in [2.75, 3.05) is 20.7 Å². The van der Waals surface area contributed by atoms with Crippen LogP contribution in [0.5, 0.6) is 5.75 Å². The molecule has 26 heavy (non-hydrogen) atoms. The highest BCUT2D eigenvalue weighted by molar-refractivity contribution is 5.78. The quantitative estimate of drug-likeness (QED) is 0.819. The molecule has 0 aliphatic carbocycles. The van der Waals surface area contributed by atoms with Crippen LogP contribution in [0, 0.1) is 19.7 Å². The number of carbonyl (C=O) groups is 1. The summed E-state index contributed by atoms with van der Waals surface area (Å²) in [6.45, 7) is 6.82. The fraction of sp³-hybridized carbons (Fsp3) is 0.381. The molecular formula is C21H27FN2O2. The molecule has 2 rings (SSSR count). The zero-order valence-corrected chi connectivity index (χ0v) is 16.1. The highest BCUT2D eigenvalue weighted by atomic mass is 19.1. The van der Waals surface area contributed by atoms with Crippen molar-refractivity contribution in [1.29, 1.82) is 0 Å². The molecule has 140 valence electrons. The van der Waals surface area contributed by atoms with Gasteiger partial charge in [-0.1, -0.05) is 24.3 Å². The summed E-state index contributed by atoms with van der Waals surface area (Å²) in [6, 6.07) is 11.0. The number of likely N-dealkylation sites (N-methyl/N-ethyl adjacent to an activating group) is 1. The van der Waals surface area contributed by atoms with E-state index >= 15 is 0 Å². The summed E-state index contributed by atoms with van der Waals surface area (Å²) in [5.74, 6) is -0.241. The smallest absolute Gasteiger partial charge is 0.234 e. The van der Waals surface area contributed by atoms with Crippen LogP contribution in [0.1, 0.15) is 35.2 Å². The molecule has 5 heteroatoms. The summed E-state index contributed by atoms with van der Waals surface area (Å²) < 4.78 is 18.7. The lowest BCUT2D eigenvalue weighted by molar-refractivity contribution is -0.122. The average Bonchev–Trinajstić information content (AvgIpc) is 2.57. The molecule has 2 aromatic carbocycles. The number of amides is 1. The standard InChI is InChI=1S/C21H27FN2O2/c1-14-6-8-18(10-15(14)2)16(3)23-21(25)13-24(4)12-17-7-9-20(26-5)19(22)11-17/h6-11,16H,12-13H2,1-5H3,(H,23,25). The van der Waals surface area contributed by atoms with Crippen molar-refractivity contribution in [3.63, 3.8) is 0 Å². The normalized spacial score (nSPS) is 12.1. The van der Waals surface area contributed by atoms with Gasteiger partial charge in [-0.3, -0.25) is 9.69 Å². The monoisotopic (exact) mass is 358 g/mol. The number of rotatable bonds is 7. The van der Waals surface area contributed by atoms with Crippen LogP contribution in [0.2, 0.25) is 0 Å². The van der Waals surface area contributed by atoms with E-state index in [0.29, 0.717) is 6.54 Å². The van der Waals surface area contributed by atoms with Gasteiger partial charge in [0, 0.05) is 6.54 Å². The van der Waals surface area contributed by atoms with Crippen LogP contribution in [-0.2, 0) is 11.3 Å². The van der Waals surface area contributed by atoms with E-state index < -0.39 is 5.82 Å². The van der Waals surface area contributed by atoms with Crippen molar-refractivity contribution >= 4 is 5.91 Å². The number of nitrogens with one attached hydrogen (secondary N) is 1. The number of benzene rings is 2. The first-order chi connectivity index (χ1) is 12.3. The second-order valence-corrected chi connectivity index (χ2v) is 6.77. The van der Waals surface area contributed by atoms with E-state index in [0.717, 1.165) is 11.1 Å². The van der Waals surface area contributed by atoms with Crippen LogP contribution in [0.3, 0.4) is 0 Å². The van der Waals surface area contributed by atoms with Gasteiger partial charge in [-0.15, -0.1) is 0 Å². The number of carbonyl (C=O) groups excluding carboxylic acids is 1. The lowest BCUT2D eigenvalue weighted by atomic mass is 10.0. The summed E-state index contributed by atoms with van der Waals surface area (Å²) in [5.41, 5.74) is 4.32. The Morgan fingerprint density at radius 2 is 1.92 bits per heavy atom. The number of halogens is 1. The Hall–Kier alpha value is -2.40. The summed E-state index contributed by atoms with van der Waals surface area (Å²) in [6.07, 6.45) is 0. The molecule has 1 unspecified atom stereocenters. The molecule has 1 atom stereocenters. The van der Waals surface area contributed by atoms with Crippen LogP contribution in [0.4, 0.5) is 4.39 Å². The lowest BCUT2D eigenvalue weighted by Crippen LogP contribution is -2.36. The molecule has 0 aliphatic heterocycles. The van der Waals surface area contributed by atoms with Crippen molar-refractivity contribution in [2.24, 2.45) is 0 Å². The lowest BCUT2D eigenvalue weighted by Gasteiger charge is -2.20. The average molecular weight is 358 g/mol. The van der Waals surface area contributed by atoms with Crippen molar-refractivity contribution in [1.82, 2.24) is 10.2 Å². The van der Waals surface area contributed by atoms with Crippen LogP contribution in [0.15, 0.2) is 36.4 Å². The molecule has 0 saturated heterocycles. The fourth-order valence-corrected chi connectivity index (χ4v) is 2.83. The number of hydrogen-bond donors (Lipinski definition) is 1. The molecule has 0 saturated carbocycles. The number of hydrogen-bond acceptors (Lipinski definition) is 3. The Morgan fingerprint density at radius 1 is 1.19 bits per heavy atom. The molecule has 2 aromatic rings. The minimum atomic E-state index is -0.397. The molecule has 4 nitrogen and oxygen atoms in total. The van der Waals surface area contributed by atoms with E-state index in [1.807, 2.05) is 24.9 Å². The summed E-state index contributed by atoms with van der Waals surface area (Å²) >= 11 is 0. The fourth-order valence-electron chi connectivity index (χ4n) is 2.83. The molecule has 1 N–H and O–H groups in total. The summed E-state index contributed by atoms with van der Waals surface area (Å²) in [5, 5.41) is 3.01. The zero-order valence-electron chi connectivity index (χ0n) is 16.1. The van der Waals surface area contributed by atoms with Gasteiger partial charge < -0.3 is 10.1 Å². The first kappa shape index (κ1) is 19.9. The van der Waals surface area contributed by atoms with Crippen molar-refractivity contribution in [3.05, 3.63) is 64.5 Å². The van der Waals surface area contributed by atoms with Crippen LogP contribution < -0.4 is 10.1 Å². The van der Waals surface area contributed by atoms with Gasteiger partial charge in [0.2, 0.25) is 5.91 Å². The summed E-state index contributed by atoms with van der Waals surface area (Å²) in [7, 11) is 3.27. The van der Waals surface area contributed by atoms with Gasteiger partial charge >= 0.3 is 0 Å². The highest BCUT2D eigenvalue weighted by Gasteiger charge is 2.13. The Balaban J connectivity index is 1.90. The van der Waals surface area contributed by atoms with Crippen molar-refractivity contribution < 1.29 is 13.9 Å². The second-order valence-electron chi connectivity index (χ2n) is 6.77. The number of ether oxygens (including phenoxy) is 1. The van der Waals surface area contributed by atoms with E-state index in [9.17, 15) is 9.18 Å². The van der Waals surface area contributed by atoms with Gasteiger partial charge in [0.25, 0.3) is 0 Å². The predicted molar refractivity (Wildman–Crippen MR) is 102 cm³/mol. The summed E-state index contributed by atoms with van der Waals surface area (Å²) in [4.78, 5) is 14.2. The van der Waals surface area contributed by atoms with Gasteiger partial charge in [0.1, 0.15) is 0 Å². The van der Waals surface area contributed by atoms with Crippen LogP contribution in [0.25, 0.3) is 0 Å². The minimum Gasteiger partial charge on any atom is -0.494 e. The van der Waals surface area contributed by atoms with Gasteiger partial charge in [0.05, 0.1) is 19.7 Å². The molecule has 1 amide bonds. The van der Waals surface area contributed by atoms with Crippen molar-refractivity contribution in [3.8, 4) is 5.75 Å². The predicted octanol–water partition coefficient (Wildman–Crippen LogP) is 3.76. The molecule has 0 spiro atoms. The third kappa shape index (κ3) is 5.30. The second kappa shape index (κ2) is 8.81. The molecular weight excluding hydrogens is 331 g/mol. The van der Waals surface area contributed by atoms with Crippen LogP contribution >= 0.6 is 0 Å². The SMILES string of the molecule is COc1ccc(CN(C)CC(=O)NC(C)c2ccc(C)c(C)c2)cc1F. The highest BCUT2D eigenvalue weighted by Crippen LogP contribution is 2.19. The number of methoxy groups -OCH3 is 1. The van der Waals surface area contributed by atoms with Crippen LogP contribution in [-0.4, -0.2) is 31.5 Å². The first-order valence-electron chi connectivity index (χ1n) is 8.67. The molecule has 0 aliphatic rings. The third-order valence-electron chi connectivity index (χ3n) is 4.49. The van der Waals surface area contributed by atoms with E-state index in [1.54, 1.807) is 12.1 Å². The third-order valence-corrected chi connectivity index (χ3v) is 4.49. The molecule has 0 bridgehead atoms. The van der Waals surface area contributed by atoms with Gasteiger partial charge in [-0.25, -0.2) is 4.39 Å². The van der Waals surface area contributed by atoms with E-state index in [4.69, 9.17) is 4.74 Å². The Morgan fingerprint density at radius 3 is 2.54 bits per heavy atom. The van der Waals surface area contributed by atoms with E-state index in [2.05, 4.69) is 31.3 Å². The largest absolute Gasteiger partial charge is 0.494 e. The molecule has 0 fully saturated rings. The number of aryl methyl sites for hydroxylation is 2. The Bertz CT molecular complexity index is 777. The van der Waals surface area contributed by atoms with Crippen molar-refractivity contribution in [2.45, 2.75) is 33.4 Å². The van der Waals surface area contributed by atoms with Gasteiger partial charge in [0.15, 0.2) is 11.6 Å². The minimum absolute atomic E-state index is 0.0615. The molecule has 0 heterocycles. The number of nitrogens with zero attached hydrogens (tertiary/aromatic N) is 1. The maximum atomic E-state index is 13.8. The molecule has 0 aromatic heterocycles. The Labute approximate surface area is 155 Å². The zero-order chi connectivity index (χ0) is 19.3. The Kier molecular flexibility index (Phi) is 6.75. The maximum absolute atomic E-state index is 13.8. The van der Waals surface area contributed by atoms with E-state index in [1.165, 1.54) is 24.3 Å². The van der Waals surface area contributed by atoms with E-state index in [-0.39, 0.29) is 24.2 Å². The maximum Gasteiger partial charge on any atom is 0.234 e. The molecule has 0 radical (unpaired) electrons. The van der Waals surface area contributed by atoms with Gasteiger partial charge in [-0.2, -0.15) is 0 Å². The topological polar surface area (TPSA) is 41.6 Å².